The average molecular weight is 337 g/mol. The van der Waals surface area contributed by atoms with E-state index in [4.69, 9.17) is 4.74 Å². The van der Waals surface area contributed by atoms with E-state index in [1.54, 1.807) is 18.2 Å². The van der Waals surface area contributed by atoms with Crippen LogP contribution in [-0.2, 0) is 14.3 Å². The van der Waals surface area contributed by atoms with E-state index < -0.39 is 17.0 Å². The molecule has 0 aliphatic rings. The van der Waals surface area contributed by atoms with E-state index in [9.17, 15) is 19.7 Å². The van der Waals surface area contributed by atoms with Gasteiger partial charge in [-0.25, -0.2) is 0 Å². The van der Waals surface area contributed by atoms with Crippen LogP contribution in [0.15, 0.2) is 24.3 Å². The van der Waals surface area contributed by atoms with E-state index in [1.807, 2.05) is 13.8 Å². The van der Waals surface area contributed by atoms with Crippen LogP contribution < -0.4 is 10.6 Å². The molecule has 0 heterocycles. The van der Waals surface area contributed by atoms with Crippen molar-refractivity contribution in [2.75, 3.05) is 11.9 Å². The van der Waals surface area contributed by atoms with Gasteiger partial charge in [0, 0.05) is 25.1 Å². The Hall–Kier alpha value is -2.64. The fraction of sp³-hybridized carbons (Fsp3) is 0.500. The largest absolute Gasteiger partial charge is 0.453 e. The number of nitro benzene ring substituents is 1. The van der Waals surface area contributed by atoms with Crippen molar-refractivity contribution in [3.8, 4) is 0 Å². The number of carbonyl (C=O) groups is 2. The van der Waals surface area contributed by atoms with Gasteiger partial charge in [0.2, 0.25) is 0 Å². The molecule has 0 radical (unpaired) electrons. The zero-order chi connectivity index (χ0) is 18.1. The summed E-state index contributed by atoms with van der Waals surface area (Å²) in [6.07, 6.45) is -0.292. The van der Waals surface area contributed by atoms with Gasteiger partial charge in [-0.3, -0.25) is 19.7 Å². The predicted octanol–water partition coefficient (Wildman–Crippen LogP) is 2.24. The number of benzene rings is 1. The summed E-state index contributed by atoms with van der Waals surface area (Å²) in [6, 6.07) is 6.27. The predicted molar refractivity (Wildman–Crippen MR) is 89.7 cm³/mol. The van der Waals surface area contributed by atoms with Crippen LogP contribution in [0, 0.1) is 10.1 Å². The highest BCUT2D eigenvalue weighted by Crippen LogP contribution is 2.22. The molecule has 0 spiro atoms. The number of ether oxygens (including phenoxy) is 1. The van der Waals surface area contributed by atoms with Crippen LogP contribution >= 0.6 is 0 Å². The number of para-hydroxylation sites is 2. The Morgan fingerprint density at radius 2 is 1.92 bits per heavy atom. The standard InChI is InChI=1S/C16H23N3O5/c1-11(2)18-16(21)12(3)24-15(20)9-6-10-17-13-7-4-5-8-14(13)19(22)23/h4-5,7-8,11-12,17H,6,9-10H2,1-3H3,(H,18,21)/t12-/m1/s1. The minimum atomic E-state index is -0.844. The Morgan fingerprint density at radius 3 is 2.54 bits per heavy atom. The first kappa shape index (κ1) is 19.4. The quantitative estimate of drug-likeness (QED) is 0.309. The highest BCUT2D eigenvalue weighted by molar-refractivity contribution is 5.83. The van der Waals surface area contributed by atoms with Gasteiger partial charge < -0.3 is 15.4 Å². The third-order valence-corrected chi connectivity index (χ3v) is 3.08. The molecule has 1 amide bonds. The van der Waals surface area contributed by atoms with Crippen LogP contribution in [0.5, 0.6) is 0 Å². The third-order valence-electron chi connectivity index (χ3n) is 3.08. The second kappa shape index (κ2) is 9.49. The molecule has 8 heteroatoms. The van der Waals surface area contributed by atoms with Crippen LogP contribution in [0.2, 0.25) is 0 Å². The normalized spacial score (nSPS) is 11.7. The van der Waals surface area contributed by atoms with E-state index in [2.05, 4.69) is 10.6 Å². The molecule has 0 saturated heterocycles. The Bertz CT molecular complexity index is 589. The van der Waals surface area contributed by atoms with Crippen LogP contribution in [0.1, 0.15) is 33.6 Å². The van der Waals surface area contributed by atoms with Crippen molar-refractivity contribution in [3.05, 3.63) is 34.4 Å². The Kier molecular flexibility index (Phi) is 7.67. The molecule has 0 aromatic heterocycles. The molecule has 132 valence electrons. The van der Waals surface area contributed by atoms with Gasteiger partial charge in [0.05, 0.1) is 4.92 Å². The first-order valence-electron chi connectivity index (χ1n) is 7.78. The highest BCUT2D eigenvalue weighted by atomic mass is 16.6. The molecule has 0 fully saturated rings. The second-order valence-electron chi connectivity index (χ2n) is 5.60. The number of carbonyl (C=O) groups excluding carboxylic acids is 2. The Labute approximate surface area is 140 Å². The lowest BCUT2D eigenvalue weighted by Crippen LogP contribution is -2.39. The van der Waals surface area contributed by atoms with Crippen LogP contribution in [-0.4, -0.2) is 35.5 Å². The molecular formula is C16H23N3O5. The summed E-state index contributed by atoms with van der Waals surface area (Å²) >= 11 is 0. The lowest BCUT2D eigenvalue weighted by atomic mass is 10.2. The maximum Gasteiger partial charge on any atom is 0.306 e. The number of amides is 1. The van der Waals surface area contributed by atoms with Crippen molar-refractivity contribution < 1.29 is 19.2 Å². The van der Waals surface area contributed by atoms with Crippen molar-refractivity contribution in [1.29, 1.82) is 0 Å². The van der Waals surface area contributed by atoms with Crippen LogP contribution in [0.25, 0.3) is 0 Å². The zero-order valence-electron chi connectivity index (χ0n) is 14.1. The van der Waals surface area contributed by atoms with Crippen molar-refractivity contribution >= 4 is 23.3 Å². The van der Waals surface area contributed by atoms with Gasteiger partial charge in [0.25, 0.3) is 11.6 Å². The van der Waals surface area contributed by atoms with E-state index >= 15 is 0 Å². The summed E-state index contributed by atoms with van der Waals surface area (Å²) < 4.78 is 5.04. The van der Waals surface area contributed by atoms with Crippen molar-refractivity contribution in [2.45, 2.75) is 45.8 Å². The van der Waals surface area contributed by atoms with Gasteiger partial charge in [-0.1, -0.05) is 12.1 Å². The van der Waals surface area contributed by atoms with Gasteiger partial charge in [-0.05, 0) is 33.3 Å². The molecule has 1 atom stereocenters. The molecule has 1 aromatic rings. The third kappa shape index (κ3) is 6.64. The molecule has 1 aromatic carbocycles. The Balaban J connectivity index is 2.34. The summed E-state index contributed by atoms with van der Waals surface area (Å²) in [5, 5.41) is 16.5. The fourth-order valence-electron chi connectivity index (χ4n) is 1.95. The zero-order valence-corrected chi connectivity index (χ0v) is 14.1. The molecule has 2 N–H and O–H groups in total. The summed E-state index contributed by atoms with van der Waals surface area (Å²) in [7, 11) is 0. The van der Waals surface area contributed by atoms with Crippen LogP contribution in [0.4, 0.5) is 11.4 Å². The summed E-state index contributed by atoms with van der Waals surface area (Å²) in [5.74, 6) is -0.817. The Morgan fingerprint density at radius 1 is 1.25 bits per heavy atom. The minimum Gasteiger partial charge on any atom is -0.453 e. The summed E-state index contributed by atoms with van der Waals surface area (Å²) in [5.41, 5.74) is 0.389. The number of anilines is 1. The fourth-order valence-corrected chi connectivity index (χ4v) is 1.95. The van der Waals surface area contributed by atoms with Crippen molar-refractivity contribution in [3.63, 3.8) is 0 Å². The molecule has 0 unspecified atom stereocenters. The molecule has 0 bridgehead atoms. The average Bonchev–Trinajstić information content (AvgIpc) is 2.51. The van der Waals surface area contributed by atoms with Crippen LogP contribution in [0.3, 0.4) is 0 Å². The van der Waals surface area contributed by atoms with Crippen molar-refractivity contribution in [2.24, 2.45) is 0 Å². The molecule has 1 rings (SSSR count). The number of nitro groups is 1. The van der Waals surface area contributed by atoms with Gasteiger partial charge in [0.15, 0.2) is 6.10 Å². The van der Waals surface area contributed by atoms with Gasteiger partial charge in [-0.15, -0.1) is 0 Å². The maximum atomic E-state index is 11.7. The smallest absolute Gasteiger partial charge is 0.306 e. The van der Waals surface area contributed by atoms with E-state index in [0.717, 1.165) is 0 Å². The van der Waals surface area contributed by atoms with E-state index in [1.165, 1.54) is 13.0 Å². The number of nitrogens with one attached hydrogen (secondary N) is 2. The van der Waals surface area contributed by atoms with E-state index in [0.29, 0.717) is 18.7 Å². The highest BCUT2D eigenvalue weighted by Gasteiger charge is 2.18. The molecular weight excluding hydrogens is 314 g/mol. The number of nitrogens with zero attached hydrogens (tertiary/aromatic N) is 1. The molecule has 8 nitrogen and oxygen atoms in total. The topological polar surface area (TPSA) is 111 Å². The number of esters is 1. The molecule has 0 aliphatic heterocycles. The first-order chi connectivity index (χ1) is 11.3. The first-order valence-corrected chi connectivity index (χ1v) is 7.78. The van der Waals surface area contributed by atoms with Gasteiger partial charge in [0.1, 0.15) is 5.69 Å². The summed E-state index contributed by atoms with van der Waals surface area (Å²) in [6.45, 7) is 5.54. The number of hydrogen-bond acceptors (Lipinski definition) is 6. The molecule has 24 heavy (non-hydrogen) atoms. The lowest BCUT2D eigenvalue weighted by Gasteiger charge is -2.15. The lowest BCUT2D eigenvalue weighted by molar-refractivity contribution is -0.384. The molecule has 0 saturated carbocycles. The second-order valence-corrected chi connectivity index (χ2v) is 5.60. The number of rotatable bonds is 9. The summed E-state index contributed by atoms with van der Waals surface area (Å²) in [4.78, 5) is 33.7. The monoisotopic (exact) mass is 337 g/mol. The SMILES string of the molecule is CC(C)NC(=O)[C@@H](C)OC(=O)CCCNc1ccccc1[N+](=O)[O-]. The minimum absolute atomic E-state index is 0.0148. The molecule has 0 aliphatic carbocycles. The van der Waals surface area contributed by atoms with Gasteiger partial charge in [-0.2, -0.15) is 0 Å². The van der Waals surface area contributed by atoms with Gasteiger partial charge >= 0.3 is 5.97 Å². The maximum absolute atomic E-state index is 11.7. The van der Waals surface area contributed by atoms with Crippen molar-refractivity contribution in [1.82, 2.24) is 5.32 Å². The van der Waals surface area contributed by atoms with E-state index in [-0.39, 0.29) is 24.1 Å². The number of hydrogen-bond donors (Lipinski definition) is 2.